The number of rotatable bonds is 4. The average molecular weight is 606 g/mol. The molecule has 43 heavy (non-hydrogen) atoms. The lowest BCUT2D eigenvalue weighted by atomic mass is 9.73. The molecule has 1 unspecified atom stereocenters. The van der Waals surface area contributed by atoms with Gasteiger partial charge in [-0.1, -0.05) is 12.1 Å². The summed E-state index contributed by atoms with van der Waals surface area (Å²) in [6, 6.07) is 6.97. The number of hydrogen-bond donors (Lipinski definition) is 0. The van der Waals surface area contributed by atoms with Gasteiger partial charge in [-0.2, -0.15) is 0 Å². The minimum Gasteiger partial charge on any atom is -0.352 e. The molecule has 1 aliphatic carbocycles. The molecule has 4 heterocycles. The van der Waals surface area contributed by atoms with Crippen molar-refractivity contribution in [2.75, 3.05) is 36.0 Å². The van der Waals surface area contributed by atoms with Crippen LogP contribution < -0.4 is 9.80 Å². The SMILES string of the molecule is Cc1ccc(N2CC3(C=C(F)C3)C3=C2CC=CC(C(=O)N2CCN(c4cc(C)c(C(=O)Cl)c(C)n4)CC2(C)C)=N3)cc1F. The molecule has 4 aliphatic rings. The van der Waals surface area contributed by atoms with Crippen LogP contribution in [0.15, 0.2) is 64.7 Å². The van der Waals surface area contributed by atoms with Crippen LogP contribution in [0.2, 0.25) is 0 Å². The summed E-state index contributed by atoms with van der Waals surface area (Å²) in [6.07, 6.45) is 5.94. The van der Waals surface area contributed by atoms with E-state index in [1.165, 1.54) is 6.07 Å². The Morgan fingerprint density at radius 2 is 1.77 bits per heavy atom. The summed E-state index contributed by atoms with van der Waals surface area (Å²) in [5, 5.41) is -0.529. The molecular weight excluding hydrogens is 572 g/mol. The highest BCUT2D eigenvalue weighted by atomic mass is 35.5. The number of aliphatic imine (C=N–C) groups is 1. The van der Waals surface area contributed by atoms with Crippen molar-refractivity contribution in [1.82, 2.24) is 9.88 Å². The highest BCUT2D eigenvalue weighted by molar-refractivity contribution is 6.68. The molecule has 3 aliphatic heterocycles. The summed E-state index contributed by atoms with van der Waals surface area (Å²) in [5.41, 5.74) is 3.59. The Balaban J connectivity index is 1.29. The number of hydrogen-bond acceptors (Lipinski definition) is 6. The zero-order valence-corrected chi connectivity index (χ0v) is 25.7. The van der Waals surface area contributed by atoms with Gasteiger partial charge in [0.05, 0.1) is 33.7 Å². The molecule has 1 spiro atoms. The summed E-state index contributed by atoms with van der Waals surface area (Å²) >= 11 is 5.76. The lowest BCUT2D eigenvalue weighted by Crippen LogP contribution is -2.62. The highest BCUT2D eigenvalue weighted by Gasteiger charge is 2.50. The number of benzene rings is 1. The number of halogens is 3. The molecule has 0 saturated carbocycles. The number of nitrogens with zero attached hydrogens (tertiary/aromatic N) is 5. The van der Waals surface area contributed by atoms with E-state index in [0.29, 0.717) is 66.5 Å². The topological polar surface area (TPSA) is 69.1 Å². The van der Waals surface area contributed by atoms with Crippen LogP contribution in [-0.2, 0) is 4.79 Å². The predicted molar refractivity (Wildman–Crippen MR) is 165 cm³/mol. The molecule has 1 aromatic carbocycles. The minimum absolute atomic E-state index is 0.197. The van der Waals surface area contributed by atoms with Gasteiger partial charge in [0.25, 0.3) is 11.1 Å². The number of fused-ring (bicyclic) bond motifs is 1. The van der Waals surface area contributed by atoms with Gasteiger partial charge in [-0.15, -0.1) is 0 Å². The van der Waals surface area contributed by atoms with Crippen molar-refractivity contribution in [3.05, 3.63) is 87.9 Å². The van der Waals surface area contributed by atoms with Crippen molar-refractivity contribution < 1.29 is 18.4 Å². The Hall–Kier alpha value is -3.85. The summed E-state index contributed by atoms with van der Waals surface area (Å²) in [4.78, 5) is 41.5. The quantitative estimate of drug-likeness (QED) is 0.381. The maximum atomic E-state index is 14.5. The zero-order valence-electron chi connectivity index (χ0n) is 25.0. The lowest BCUT2D eigenvalue weighted by molar-refractivity contribution is -0.129. The number of anilines is 2. The van der Waals surface area contributed by atoms with E-state index in [1.54, 1.807) is 32.1 Å². The first-order valence-electron chi connectivity index (χ1n) is 14.4. The maximum Gasteiger partial charge on any atom is 0.273 e. The third-order valence-electron chi connectivity index (χ3n) is 8.99. The molecule has 6 rings (SSSR count). The molecule has 10 heteroatoms. The Morgan fingerprint density at radius 1 is 1.02 bits per heavy atom. The monoisotopic (exact) mass is 605 g/mol. The number of allylic oxidation sites excluding steroid dienone is 2. The van der Waals surface area contributed by atoms with Crippen molar-refractivity contribution in [2.45, 2.75) is 53.0 Å². The smallest absolute Gasteiger partial charge is 0.273 e. The molecule has 1 saturated heterocycles. The first kappa shape index (κ1) is 29.2. The zero-order chi connectivity index (χ0) is 30.8. The van der Waals surface area contributed by atoms with Gasteiger partial charge in [0.15, 0.2) is 0 Å². The second-order valence-electron chi connectivity index (χ2n) is 12.6. The van der Waals surface area contributed by atoms with Gasteiger partial charge < -0.3 is 14.7 Å². The molecule has 0 N–H and O–H groups in total. The summed E-state index contributed by atoms with van der Waals surface area (Å²) < 4.78 is 28.8. The van der Waals surface area contributed by atoms with Gasteiger partial charge in [-0.25, -0.2) is 18.8 Å². The maximum absolute atomic E-state index is 14.5. The number of aromatic nitrogens is 1. The van der Waals surface area contributed by atoms with Crippen LogP contribution in [0.1, 0.15) is 53.9 Å². The van der Waals surface area contributed by atoms with E-state index in [4.69, 9.17) is 16.6 Å². The predicted octanol–water partition coefficient (Wildman–Crippen LogP) is 6.33. The fourth-order valence-corrected chi connectivity index (χ4v) is 7.05. The van der Waals surface area contributed by atoms with Gasteiger partial charge >= 0.3 is 0 Å². The summed E-state index contributed by atoms with van der Waals surface area (Å²) in [7, 11) is 0. The highest BCUT2D eigenvalue weighted by Crippen LogP contribution is 2.54. The Labute approximate surface area is 255 Å². The third-order valence-corrected chi connectivity index (χ3v) is 9.17. The van der Waals surface area contributed by atoms with Gasteiger partial charge in [-0.05, 0) is 87.7 Å². The summed E-state index contributed by atoms with van der Waals surface area (Å²) in [5.74, 6) is 0.0307. The number of carbonyl (C=O) groups is 2. The van der Waals surface area contributed by atoms with E-state index in [-0.39, 0.29) is 24.0 Å². The van der Waals surface area contributed by atoms with Crippen molar-refractivity contribution in [2.24, 2.45) is 10.4 Å². The van der Waals surface area contributed by atoms with E-state index in [1.807, 2.05) is 48.8 Å². The fraction of sp³-hybridized carbons (Fsp3) is 0.394. The average Bonchev–Trinajstić information content (AvgIpc) is 3.06. The third kappa shape index (κ3) is 4.97. The minimum atomic E-state index is -0.662. The van der Waals surface area contributed by atoms with Gasteiger partial charge in [0.2, 0.25) is 0 Å². The van der Waals surface area contributed by atoms with E-state index >= 15 is 0 Å². The first-order valence-corrected chi connectivity index (χ1v) is 14.8. The van der Waals surface area contributed by atoms with Crippen molar-refractivity contribution in [3.63, 3.8) is 0 Å². The van der Waals surface area contributed by atoms with E-state index in [0.717, 1.165) is 17.1 Å². The fourth-order valence-electron chi connectivity index (χ4n) is 6.77. The molecule has 1 aromatic heterocycles. The van der Waals surface area contributed by atoms with Gasteiger partial charge in [-0.3, -0.25) is 9.59 Å². The van der Waals surface area contributed by atoms with Crippen molar-refractivity contribution >= 4 is 40.0 Å². The number of piperazine rings is 1. The molecule has 1 atom stereocenters. The van der Waals surface area contributed by atoms with Crippen LogP contribution >= 0.6 is 11.6 Å². The standard InChI is InChI=1S/C33H34ClF2N5O2/c1-19-9-10-23(14-24(19)36)40-18-33(15-22(35)16-33)29-26(40)8-6-7-25(38-29)31(43)41-12-11-39(17-32(41,4)5)27-13-20(2)28(30(34)42)21(3)37-27/h6-7,9-10,13-15H,8,11-12,16-18H2,1-5H3. The molecule has 0 radical (unpaired) electrons. The van der Waals surface area contributed by atoms with E-state index < -0.39 is 16.2 Å². The summed E-state index contributed by atoms with van der Waals surface area (Å²) in [6.45, 7) is 11.3. The Bertz CT molecular complexity index is 1670. The van der Waals surface area contributed by atoms with Crippen LogP contribution in [0.4, 0.5) is 20.3 Å². The second-order valence-corrected chi connectivity index (χ2v) is 12.9. The van der Waals surface area contributed by atoms with Gasteiger partial charge in [0, 0.05) is 50.4 Å². The number of aryl methyl sites for hydroxylation is 3. The van der Waals surface area contributed by atoms with Crippen molar-refractivity contribution in [3.8, 4) is 0 Å². The van der Waals surface area contributed by atoms with Crippen molar-refractivity contribution in [1.29, 1.82) is 0 Å². The molecule has 1 amide bonds. The van der Waals surface area contributed by atoms with E-state index in [2.05, 4.69) is 9.88 Å². The van der Waals surface area contributed by atoms with Crippen LogP contribution in [0.25, 0.3) is 0 Å². The number of carbonyl (C=O) groups excluding carboxylic acids is 2. The normalized spacial score (nSPS) is 22.7. The molecule has 2 aromatic rings. The van der Waals surface area contributed by atoms with Crippen LogP contribution in [0, 0.1) is 32.0 Å². The molecule has 0 bridgehead atoms. The van der Waals surface area contributed by atoms with Crippen LogP contribution in [0.3, 0.4) is 0 Å². The molecule has 224 valence electrons. The second kappa shape index (κ2) is 10.4. The molecular formula is C33H34ClF2N5O2. The molecule has 7 nitrogen and oxygen atoms in total. The Kier molecular flexibility index (Phi) is 7.07. The molecule has 1 fully saturated rings. The lowest BCUT2D eigenvalue weighted by Gasteiger charge is -2.47. The van der Waals surface area contributed by atoms with Crippen LogP contribution in [-0.4, -0.2) is 58.5 Å². The van der Waals surface area contributed by atoms with E-state index in [9.17, 15) is 18.4 Å². The first-order chi connectivity index (χ1) is 20.3. The van der Waals surface area contributed by atoms with Crippen LogP contribution in [0.5, 0.6) is 0 Å². The number of pyridine rings is 1. The number of amides is 1. The largest absolute Gasteiger partial charge is 0.352 e. The van der Waals surface area contributed by atoms with Gasteiger partial charge in [0.1, 0.15) is 17.3 Å². The Morgan fingerprint density at radius 3 is 2.40 bits per heavy atom.